The first-order chi connectivity index (χ1) is 10.8. The number of aromatic amines is 1. The topological polar surface area (TPSA) is 49.0 Å². The molecule has 2 aliphatic rings. The molecule has 1 N–H and O–H groups in total. The number of imidazole rings is 1. The summed E-state index contributed by atoms with van der Waals surface area (Å²) in [6.07, 6.45) is 5.26. The molecular formula is C17H21N3OS. The number of fused-ring (bicyclic) bond motifs is 1. The van der Waals surface area contributed by atoms with Gasteiger partial charge in [0.2, 0.25) is 5.91 Å². The SMILES string of the molecule is O=C(CSC1CCCC1)N1CC(c2nc3ccccc3[nH]2)C1. The van der Waals surface area contributed by atoms with Crippen LogP contribution in [0.2, 0.25) is 0 Å². The molecule has 1 amide bonds. The molecule has 2 aromatic rings. The van der Waals surface area contributed by atoms with E-state index in [1.54, 1.807) is 0 Å². The van der Waals surface area contributed by atoms with Crippen LogP contribution in [0.5, 0.6) is 0 Å². The third-order valence-corrected chi connectivity index (χ3v) is 6.13. The molecule has 1 aromatic carbocycles. The minimum absolute atomic E-state index is 0.296. The number of benzene rings is 1. The van der Waals surface area contributed by atoms with Crippen LogP contribution in [0.25, 0.3) is 11.0 Å². The van der Waals surface area contributed by atoms with Crippen LogP contribution in [-0.2, 0) is 4.79 Å². The highest BCUT2D eigenvalue weighted by Gasteiger charge is 2.33. The number of rotatable bonds is 4. The molecule has 0 unspecified atom stereocenters. The van der Waals surface area contributed by atoms with Crippen molar-refractivity contribution in [3.05, 3.63) is 30.1 Å². The standard InChI is InChI=1S/C17H21N3OS/c21-16(11-22-13-5-1-2-6-13)20-9-12(10-20)17-18-14-7-3-4-8-15(14)19-17/h3-4,7-8,12-13H,1-2,5-6,9-11H2,(H,18,19). The van der Waals surface area contributed by atoms with Gasteiger partial charge in [-0.2, -0.15) is 0 Å². The molecule has 0 spiro atoms. The van der Waals surface area contributed by atoms with E-state index in [9.17, 15) is 4.79 Å². The molecule has 1 aromatic heterocycles. The highest BCUT2D eigenvalue weighted by molar-refractivity contribution is 8.00. The maximum atomic E-state index is 12.2. The van der Waals surface area contributed by atoms with E-state index < -0.39 is 0 Å². The van der Waals surface area contributed by atoms with Crippen molar-refractivity contribution in [2.75, 3.05) is 18.8 Å². The lowest BCUT2D eigenvalue weighted by molar-refractivity contribution is -0.132. The predicted octanol–water partition coefficient (Wildman–Crippen LogP) is 3.16. The molecule has 1 saturated carbocycles. The zero-order valence-electron chi connectivity index (χ0n) is 12.6. The Kier molecular flexibility index (Phi) is 3.82. The van der Waals surface area contributed by atoms with E-state index in [1.807, 2.05) is 40.9 Å². The van der Waals surface area contributed by atoms with Crippen LogP contribution in [-0.4, -0.2) is 44.9 Å². The molecule has 1 aliphatic carbocycles. The number of amides is 1. The smallest absolute Gasteiger partial charge is 0.232 e. The maximum Gasteiger partial charge on any atom is 0.232 e. The van der Waals surface area contributed by atoms with Gasteiger partial charge in [-0.15, -0.1) is 11.8 Å². The number of aromatic nitrogens is 2. The lowest BCUT2D eigenvalue weighted by Gasteiger charge is -2.38. The fraction of sp³-hybridized carbons (Fsp3) is 0.529. The zero-order chi connectivity index (χ0) is 14.9. The highest BCUT2D eigenvalue weighted by atomic mass is 32.2. The molecule has 22 heavy (non-hydrogen) atoms. The van der Waals surface area contributed by atoms with Crippen molar-refractivity contribution in [3.8, 4) is 0 Å². The first-order valence-corrected chi connectivity index (χ1v) is 9.18. The van der Waals surface area contributed by atoms with Gasteiger partial charge in [0.25, 0.3) is 0 Å². The zero-order valence-corrected chi connectivity index (χ0v) is 13.4. The van der Waals surface area contributed by atoms with Crippen LogP contribution in [0.4, 0.5) is 0 Å². The molecule has 0 bridgehead atoms. The van der Waals surface area contributed by atoms with E-state index in [0.29, 0.717) is 17.6 Å². The van der Waals surface area contributed by atoms with Gasteiger partial charge in [-0.05, 0) is 25.0 Å². The Labute approximate surface area is 134 Å². The number of hydrogen-bond acceptors (Lipinski definition) is 3. The van der Waals surface area contributed by atoms with E-state index in [4.69, 9.17) is 0 Å². The van der Waals surface area contributed by atoms with Gasteiger partial charge in [0.15, 0.2) is 0 Å². The molecule has 2 heterocycles. The molecule has 1 aliphatic heterocycles. The number of carbonyl (C=O) groups excluding carboxylic acids is 1. The van der Waals surface area contributed by atoms with Crippen LogP contribution in [0.1, 0.15) is 37.4 Å². The van der Waals surface area contributed by atoms with Gasteiger partial charge in [0.05, 0.1) is 22.7 Å². The maximum absolute atomic E-state index is 12.2. The summed E-state index contributed by atoms with van der Waals surface area (Å²) in [6.45, 7) is 1.62. The Hall–Kier alpha value is -1.49. The average molecular weight is 315 g/mol. The summed E-state index contributed by atoms with van der Waals surface area (Å²) in [5.41, 5.74) is 2.10. The van der Waals surface area contributed by atoms with Gasteiger partial charge in [-0.25, -0.2) is 4.98 Å². The summed E-state index contributed by atoms with van der Waals surface area (Å²) in [4.78, 5) is 22.2. The van der Waals surface area contributed by atoms with Crippen LogP contribution in [0.15, 0.2) is 24.3 Å². The molecule has 2 fully saturated rings. The first kappa shape index (κ1) is 14.1. The summed E-state index contributed by atoms with van der Waals surface area (Å²) < 4.78 is 0. The Morgan fingerprint density at radius 3 is 2.82 bits per heavy atom. The van der Waals surface area contributed by atoms with Crippen LogP contribution < -0.4 is 0 Å². The van der Waals surface area contributed by atoms with Gasteiger partial charge in [0.1, 0.15) is 5.82 Å². The second kappa shape index (κ2) is 5.95. The molecule has 1 saturated heterocycles. The molecular weight excluding hydrogens is 294 g/mol. The van der Waals surface area contributed by atoms with Crippen LogP contribution >= 0.6 is 11.8 Å². The molecule has 4 nitrogen and oxygen atoms in total. The van der Waals surface area contributed by atoms with E-state index in [1.165, 1.54) is 25.7 Å². The van der Waals surface area contributed by atoms with E-state index in [2.05, 4.69) is 9.97 Å². The predicted molar refractivity (Wildman–Crippen MR) is 90.1 cm³/mol. The largest absolute Gasteiger partial charge is 0.342 e. The van der Waals surface area contributed by atoms with Crippen molar-refractivity contribution in [1.82, 2.24) is 14.9 Å². The number of H-pyrrole nitrogens is 1. The first-order valence-electron chi connectivity index (χ1n) is 8.13. The normalized spacial score (nSPS) is 19.7. The van der Waals surface area contributed by atoms with Gasteiger partial charge < -0.3 is 9.88 Å². The van der Waals surface area contributed by atoms with E-state index >= 15 is 0 Å². The molecule has 116 valence electrons. The Balaban J connectivity index is 1.30. The molecule has 4 rings (SSSR count). The van der Waals surface area contributed by atoms with Gasteiger partial charge in [0, 0.05) is 18.3 Å². The van der Waals surface area contributed by atoms with Crippen molar-refractivity contribution >= 4 is 28.7 Å². The van der Waals surface area contributed by atoms with Crippen molar-refractivity contribution in [1.29, 1.82) is 0 Å². The lowest BCUT2D eigenvalue weighted by Crippen LogP contribution is -2.49. The number of nitrogens with zero attached hydrogens (tertiary/aromatic N) is 2. The minimum Gasteiger partial charge on any atom is -0.342 e. The molecule has 5 heteroatoms. The van der Waals surface area contributed by atoms with Crippen molar-refractivity contribution in [2.24, 2.45) is 0 Å². The number of likely N-dealkylation sites (tertiary alicyclic amines) is 1. The van der Waals surface area contributed by atoms with Crippen LogP contribution in [0.3, 0.4) is 0 Å². The lowest BCUT2D eigenvalue weighted by atomic mass is 10.00. The summed E-state index contributed by atoms with van der Waals surface area (Å²) in [7, 11) is 0. The number of nitrogens with one attached hydrogen (secondary N) is 1. The summed E-state index contributed by atoms with van der Waals surface area (Å²) in [5.74, 6) is 2.34. The van der Waals surface area contributed by atoms with Crippen molar-refractivity contribution < 1.29 is 4.79 Å². The number of thioether (sulfide) groups is 1. The molecule has 0 radical (unpaired) electrons. The van der Waals surface area contributed by atoms with Crippen LogP contribution in [0, 0.1) is 0 Å². The quantitative estimate of drug-likeness (QED) is 0.943. The second-order valence-electron chi connectivity index (χ2n) is 6.35. The van der Waals surface area contributed by atoms with E-state index in [-0.39, 0.29) is 0 Å². The fourth-order valence-electron chi connectivity index (χ4n) is 3.36. The third-order valence-electron chi connectivity index (χ3n) is 4.77. The van der Waals surface area contributed by atoms with E-state index in [0.717, 1.165) is 35.2 Å². The average Bonchev–Trinajstić information content (AvgIpc) is 3.12. The van der Waals surface area contributed by atoms with Crippen molar-refractivity contribution in [2.45, 2.75) is 36.9 Å². The molecule has 0 atom stereocenters. The summed E-state index contributed by atoms with van der Waals surface area (Å²) in [5, 5.41) is 0.719. The monoisotopic (exact) mass is 315 g/mol. The Morgan fingerprint density at radius 2 is 2.05 bits per heavy atom. The van der Waals surface area contributed by atoms with Gasteiger partial charge in [-0.1, -0.05) is 25.0 Å². The summed E-state index contributed by atoms with van der Waals surface area (Å²) in [6, 6.07) is 8.09. The minimum atomic E-state index is 0.296. The van der Waals surface area contributed by atoms with Crippen molar-refractivity contribution in [3.63, 3.8) is 0 Å². The second-order valence-corrected chi connectivity index (χ2v) is 7.64. The van der Waals surface area contributed by atoms with Gasteiger partial charge in [-0.3, -0.25) is 4.79 Å². The number of hydrogen-bond donors (Lipinski definition) is 1. The third kappa shape index (κ3) is 2.74. The Bertz CT molecular complexity index is 638. The number of para-hydroxylation sites is 2. The van der Waals surface area contributed by atoms with Gasteiger partial charge >= 0.3 is 0 Å². The fourth-order valence-corrected chi connectivity index (χ4v) is 4.58. The summed E-state index contributed by atoms with van der Waals surface area (Å²) >= 11 is 1.86. The Morgan fingerprint density at radius 1 is 1.27 bits per heavy atom. The highest BCUT2D eigenvalue weighted by Crippen LogP contribution is 2.31. The number of carbonyl (C=O) groups is 1.